The van der Waals surface area contributed by atoms with Crippen LogP contribution in [0.2, 0.25) is 0 Å². The van der Waals surface area contributed by atoms with Crippen molar-refractivity contribution in [3.05, 3.63) is 35.6 Å². The molecule has 0 spiro atoms. The molecule has 0 amide bonds. The number of fused-ring (bicyclic) bond motifs is 2. The first-order valence-electron chi connectivity index (χ1n) is 6.24. The van der Waals surface area contributed by atoms with Gasteiger partial charge in [0.1, 0.15) is 12.4 Å². The Labute approximate surface area is 96.5 Å². The van der Waals surface area contributed by atoms with Gasteiger partial charge in [-0.25, -0.2) is 4.39 Å². The van der Waals surface area contributed by atoms with E-state index in [0.29, 0.717) is 0 Å². The van der Waals surface area contributed by atoms with Crippen LogP contribution in [0, 0.1) is 11.7 Å². The monoisotopic (exact) mass is 220 g/mol. The normalized spacial score (nSPS) is 36.9. The minimum absolute atomic E-state index is 0.130. The molecular formula is C14H19FN+. The van der Waals surface area contributed by atoms with Crippen molar-refractivity contribution in [1.82, 2.24) is 0 Å². The van der Waals surface area contributed by atoms with Gasteiger partial charge in [0, 0.05) is 17.9 Å². The molecule has 0 N–H and O–H groups in total. The Morgan fingerprint density at radius 2 is 2.00 bits per heavy atom. The highest BCUT2D eigenvalue weighted by molar-refractivity contribution is 5.15. The van der Waals surface area contributed by atoms with Gasteiger partial charge < -0.3 is 4.48 Å². The molecule has 3 unspecified atom stereocenters. The number of halogens is 1. The zero-order valence-electron chi connectivity index (χ0n) is 9.82. The van der Waals surface area contributed by atoms with Crippen LogP contribution in [0.1, 0.15) is 24.8 Å². The fraction of sp³-hybridized carbons (Fsp3) is 0.571. The van der Waals surface area contributed by atoms with E-state index in [1.165, 1.54) is 35.9 Å². The highest BCUT2D eigenvalue weighted by Crippen LogP contribution is 2.42. The SMILES string of the molecule is C[N+]1(Cc2ccc(F)cc2)CC2CCC1C2. The van der Waals surface area contributed by atoms with Crippen molar-refractivity contribution >= 4 is 0 Å². The molecule has 0 radical (unpaired) electrons. The van der Waals surface area contributed by atoms with Crippen LogP contribution < -0.4 is 0 Å². The average Bonchev–Trinajstić information content (AvgIpc) is 2.81. The Balaban J connectivity index is 1.77. The van der Waals surface area contributed by atoms with E-state index in [1.54, 1.807) is 12.1 Å². The van der Waals surface area contributed by atoms with Gasteiger partial charge in [-0.2, -0.15) is 0 Å². The maximum atomic E-state index is 12.8. The fourth-order valence-corrected chi connectivity index (χ4v) is 3.72. The molecule has 2 heteroatoms. The lowest BCUT2D eigenvalue weighted by atomic mass is 10.1. The van der Waals surface area contributed by atoms with Gasteiger partial charge >= 0.3 is 0 Å². The molecule has 1 saturated heterocycles. The molecule has 3 rings (SSSR count). The summed E-state index contributed by atoms with van der Waals surface area (Å²) in [4.78, 5) is 0. The van der Waals surface area contributed by atoms with Gasteiger partial charge in [0.25, 0.3) is 0 Å². The number of likely N-dealkylation sites (tertiary alicyclic amines) is 1. The Morgan fingerprint density at radius 3 is 2.56 bits per heavy atom. The van der Waals surface area contributed by atoms with E-state index in [-0.39, 0.29) is 5.82 Å². The van der Waals surface area contributed by atoms with Gasteiger partial charge in [-0.15, -0.1) is 0 Å². The molecular weight excluding hydrogens is 201 g/mol. The standard InChI is InChI=1S/C14H19FN/c1-16(10-12-4-7-14(16)8-12)9-11-2-5-13(15)6-3-11/h2-3,5-6,12,14H,4,7-10H2,1H3/q+1. The topological polar surface area (TPSA) is 0 Å². The second kappa shape index (κ2) is 3.56. The first-order chi connectivity index (χ1) is 7.66. The summed E-state index contributed by atoms with van der Waals surface area (Å²) in [6.07, 6.45) is 4.24. The van der Waals surface area contributed by atoms with Crippen LogP contribution in [0.3, 0.4) is 0 Å². The van der Waals surface area contributed by atoms with Crippen molar-refractivity contribution in [2.45, 2.75) is 31.8 Å². The minimum atomic E-state index is -0.130. The van der Waals surface area contributed by atoms with Gasteiger partial charge in [0.15, 0.2) is 0 Å². The van der Waals surface area contributed by atoms with E-state index in [1.807, 2.05) is 12.1 Å². The molecule has 2 bridgehead atoms. The number of piperidine rings is 1. The first-order valence-corrected chi connectivity index (χ1v) is 6.24. The lowest BCUT2D eigenvalue weighted by Crippen LogP contribution is -2.49. The largest absolute Gasteiger partial charge is 0.320 e. The number of quaternary nitrogens is 1. The quantitative estimate of drug-likeness (QED) is 0.672. The van der Waals surface area contributed by atoms with Gasteiger partial charge in [0.2, 0.25) is 0 Å². The van der Waals surface area contributed by atoms with Crippen molar-refractivity contribution in [1.29, 1.82) is 0 Å². The lowest BCUT2D eigenvalue weighted by Gasteiger charge is -2.38. The van der Waals surface area contributed by atoms with Crippen molar-refractivity contribution in [2.24, 2.45) is 5.92 Å². The van der Waals surface area contributed by atoms with Crippen molar-refractivity contribution < 1.29 is 8.87 Å². The van der Waals surface area contributed by atoms with E-state index in [4.69, 9.17) is 0 Å². The zero-order valence-corrected chi connectivity index (χ0v) is 9.82. The molecule has 3 atom stereocenters. The fourth-order valence-electron chi connectivity index (χ4n) is 3.72. The molecule has 86 valence electrons. The number of hydrogen-bond donors (Lipinski definition) is 0. The third-order valence-electron chi connectivity index (χ3n) is 4.53. The van der Waals surface area contributed by atoms with E-state index < -0.39 is 0 Å². The van der Waals surface area contributed by atoms with E-state index >= 15 is 0 Å². The zero-order chi connectivity index (χ0) is 11.2. The number of nitrogens with zero attached hydrogens (tertiary/aromatic N) is 1. The maximum absolute atomic E-state index is 12.8. The molecule has 1 saturated carbocycles. The summed E-state index contributed by atoms with van der Waals surface area (Å²) in [7, 11) is 2.37. The van der Waals surface area contributed by atoms with Crippen LogP contribution in [0.15, 0.2) is 24.3 Å². The summed E-state index contributed by atoms with van der Waals surface area (Å²) in [6, 6.07) is 7.89. The summed E-state index contributed by atoms with van der Waals surface area (Å²) >= 11 is 0. The molecule has 1 aromatic rings. The molecule has 1 aliphatic carbocycles. The Hall–Kier alpha value is -0.890. The van der Waals surface area contributed by atoms with Crippen LogP contribution in [0.4, 0.5) is 4.39 Å². The summed E-state index contributed by atoms with van der Waals surface area (Å²) in [6.45, 7) is 2.39. The summed E-state index contributed by atoms with van der Waals surface area (Å²) < 4.78 is 14.0. The smallest absolute Gasteiger partial charge is 0.123 e. The lowest BCUT2D eigenvalue weighted by molar-refractivity contribution is -0.938. The second-order valence-corrected chi connectivity index (χ2v) is 5.78. The molecule has 2 fully saturated rings. The third kappa shape index (κ3) is 1.65. The molecule has 1 nitrogen and oxygen atoms in total. The van der Waals surface area contributed by atoms with Crippen LogP contribution in [-0.4, -0.2) is 24.1 Å². The number of hydrogen-bond acceptors (Lipinski definition) is 0. The van der Waals surface area contributed by atoms with Crippen LogP contribution in [0.5, 0.6) is 0 Å². The predicted octanol–water partition coefficient (Wildman–Crippen LogP) is 2.95. The summed E-state index contributed by atoms with van der Waals surface area (Å²) in [5.41, 5.74) is 1.27. The number of benzene rings is 1. The predicted molar refractivity (Wildman–Crippen MR) is 62.3 cm³/mol. The van der Waals surface area contributed by atoms with Crippen molar-refractivity contribution in [2.75, 3.05) is 13.6 Å². The molecule has 1 heterocycles. The van der Waals surface area contributed by atoms with Crippen LogP contribution in [0.25, 0.3) is 0 Å². The molecule has 16 heavy (non-hydrogen) atoms. The third-order valence-corrected chi connectivity index (χ3v) is 4.53. The highest BCUT2D eigenvalue weighted by Gasteiger charge is 2.48. The first kappa shape index (κ1) is 10.3. The Bertz CT molecular complexity index is 386. The van der Waals surface area contributed by atoms with Crippen molar-refractivity contribution in [3.8, 4) is 0 Å². The van der Waals surface area contributed by atoms with Gasteiger partial charge in [-0.3, -0.25) is 0 Å². The molecule has 0 aromatic heterocycles. The van der Waals surface area contributed by atoms with E-state index in [9.17, 15) is 4.39 Å². The average molecular weight is 220 g/mol. The highest BCUT2D eigenvalue weighted by atomic mass is 19.1. The second-order valence-electron chi connectivity index (χ2n) is 5.78. The van der Waals surface area contributed by atoms with Crippen LogP contribution in [-0.2, 0) is 6.54 Å². The van der Waals surface area contributed by atoms with Crippen LogP contribution >= 0.6 is 0 Å². The Kier molecular flexibility index (Phi) is 2.28. The molecule has 2 aliphatic rings. The molecule has 1 aromatic carbocycles. The molecule has 1 aliphatic heterocycles. The van der Waals surface area contributed by atoms with Gasteiger partial charge in [0.05, 0.1) is 19.6 Å². The summed E-state index contributed by atoms with van der Waals surface area (Å²) in [5.74, 6) is 0.824. The van der Waals surface area contributed by atoms with Gasteiger partial charge in [-0.05, 0) is 25.0 Å². The van der Waals surface area contributed by atoms with E-state index in [2.05, 4.69) is 7.05 Å². The van der Waals surface area contributed by atoms with Crippen molar-refractivity contribution in [3.63, 3.8) is 0 Å². The summed E-state index contributed by atoms with van der Waals surface area (Å²) in [5, 5.41) is 0. The van der Waals surface area contributed by atoms with E-state index in [0.717, 1.165) is 18.5 Å². The number of rotatable bonds is 2. The minimum Gasteiger partial charge on any atom is -0.320 e. The maximum Gasteiger partial charge on any atom is 0.123 e. The van der Waals surface area contributed by atoms with Gasteiger partial charge in [-0.1, -0.05) is 12.1 Å². The Morgan fingerprint density at radius 1 is 1.25 bits per heavy atom.